The fourth-order valence-electron chi connectivity index (χ4n) is 1.98. The highest BCUT2D eigenvalue weighted by Crippen LogP contribution is 2.15. The van der Waals surface area contributed by atoms with Crippen LogP contribution in [-0.4, -0.2) is 19.1 Å². The summed E-state index contributed by atoms with van der Waals surface area (Å²) in [5.74, 6) is 0.512. The van der Waals surface area contributed by atoms with Gasteiger partial charge in [-0.15, -0.1) is 0 Å². The van der Waals surface area contributed by atoms with Crippen molar-refractivity contribution in [2.24, 2.45) is 7.05 Å². The first-order chi connectivity index (χ1) is 10.1. The lowest BCUT2D eigenvalue weighted by Gasteiger charge is -2.09. The Labute approximate surface area is 123 Å². The first kappa shape index (κ1) is 13.4. The number of hydrogen-bond donors (Lipinski definition) is 1. The minimum atomic E-state index is -0.492. The smallest absolute Gasteiger partial charge is 0.335 e. The quantitative estimate of drug-likeness (QED) is 0.786. The number of halogens is 1. The zero-order valence-corrected chi connectivity index (χ0v) is 11.8. The van der Waals surface area contributed by atoms with Crippen molar-refractivity contribution in [1.82, 2.24) is 19.1 Å². The molecule has 108 valence electrons. The Balaban J connectivity index is 1.99. The van der Waals surface area contributed by atoms with Gasteiger partial charge in [0.15, 0.2) is 12.4 Å². The van der Waals surface area contributed by atoms with Crippen LogP contribution in [-0.2, 0) is 13.8 Å². The molecule has 0 spiro atoms. The summed E-state index contributed by atoms with van der Waals surface area (Å²) in [4.78, 5) is 31.0. The van der Waals surface area contributed by atoms with E-state index in [1.807, 2.05) is 0 Å². The van der Waals surface area contributed by atoms with Gasteiger partial charge in [0.2, 0.25) is 0 Å². The summed E-state index contributed by atoms with van der Waals surface area (Å²) in [5, 5.41) is 0.578. The van der Waals surface area contributed by atoms with Gasteiger partial charge in [-0.05, 0) is 24.3 Å². The molecule has 0 aliphatic carbocycles. The molecule has 2 aromatic heterocycles. The highest BCUT2D eigenvalue weighted by atomic mass is 35.5. The molecule has 0 atom stereocenters. The van der Waals surface area contributed by atoms with Crippen LogP contribution in [0.4, 0.5) is 0 Å². The molecule has 0 saturated carbocycles. The normalized spacial score (nSPS) is 11.0. The molecule has 0 radical (unpaired) electrons. The molecule has 3 aromatic rings. The standard InChI is InChI=1S/C13H11ClN4O3/c1-17-11-10(15-6-16-11)12(19)18(13(17)20)7-21-9-4-2-8(14)3-5-9/h2-6H,7H2,1H3,(H,15,16). The second kappa shape index (κ2) is 5.10. The van der Waals surface area contributed by atoms with E-state index >= 15 is 0 Å². The predicted molar refractivity (Wildman–Crippen MR) is 77.7 cm³/mol. The summed E-state index contributed by atoms with van der Waals surface area (Å²) < 4.78 is 7.73. The van der Waals surface area contributed by atoms with Crippen LogP contribution in [0.2, 0.25) is 5.02 Å². The number of ether oxygens (including phenoxy) is 1. The number of benzene rings is 1. The third-order valence-electron chi connectivity index (χ3n) is 3.09. The lowest BCUT2D eigenvalue weighted by molar-refractivity contribution is 0.225. The number of H-pyrrole nitrogens is 1. The highest BCUT2D eigenvalue weighted by molar-refractivity contribution is 6.30. The lowest BCUT2D eigenvalue weighted by Crippen LogP contribution is -2.40. The van der Waals surface area contributed by atoms with Crippen LogP contribution in [0.1, 0.15) is 0 Å². The van der Waals surface area contributed by atoms with E-state index in [9.17, 15) is 9.59 Å². The summed E-state index contributed by atoms with van der Waals surface area (Å²) in [6, 6.07) is 6.64. The van der Waals surface area contributed by atoms with Gasteiger partial charge < -0.3 is 9.72 Å². The Hall–Kier alpha value is -2.54. The minimum Gasteiger partial charge on any atom is -0.472 e. The van der Waals surface area contributed by atoms with Crippen molar-refractivity contribution in [1.29, 1.82) is 0 Å². The number of rotatable bonds is 3. The third kappa shape index (κ3) is 2.31. The van der Waals surface area contributed by atoms with Crippen LogP contribution in [0.3, 0.4) is 0 Å². The van der Waals surface area contributed by atoms with Gasteiger partial charge in [-0.3, -0.25) is 9.36 Å². The zero-order valence-electron chi connectivity index (χ0n) is 11.0. The molecule has 0 aliphatic heterocycles. The topological polar surface area (TPSA) is 81.9 Å². The zero-order chi connectivity index (χ0) is 15.0. The van der Waals surface area contributed by atoms with Crippen molar-refractivity contribution < 1.29 is 4.74 Å². The molecular weight excluding hydrogens is 296 g/mol. The number of aryl methyl sites for hydroxylation is 1. The maximum atomic E-state index is 12.2. The summed E-state index contributed by atoms with van der Waals surface area (Å²) in [7, 11) is 1.55. The average Bonchev–Trinajstić information content (AvgIpc) is 2.96. The van der Waals surface area contributed by atoms with Gasteiger partial charge in [0.25, 0.3) is 5.56 Å². The molecule has 2 heterocycles. The van der Waals surface area contributed by atoms with Gasteiger partial charge >= 0.3 is 5.69 Å². The van der Waals surface area contributed by atoms with E-state index in [0.717, 1.165) is 4.57 Å². The molecule has 3 rings (SSSR count). The first-order valence-electron chi connectivity index (χ1n) is 6.09. The number of aromatic amines is 1. The Kier molecular flexibility index (Phi) is 3.26. The van der Waals surface area contributed by atoms with E-state index < -0.39 is 11.2 Å². The summed E-state index contributed by atoms with van der Waals surface area (Å²) >= 11 is 5.78. The highest BCUT2D eigenvalue weighted by Gasteiger charge is 2.12. The SMILES string of the molecule is Cn1c(=O)n(COc2ccc(Cl)cc2)c(=O)c2[nH]cnc21. The lowest BCUT2D eigenvalue weighted by atomic mass is 10.3. The third-order valence-corrected chi connectivity index (χ3v) is 3.34. The fourth-order valence-corrected chi connectivity index (χ4v) is 2.10. The number of aromatic nitrogens is 4. The number of nitrogens with one attached hydrogen (secondary N) is 1. The number of imidazole rings is 1. The van der Waals surface area contributed by atoms with Crippen LogP contribution < -0.4 is 16.0 Å². The second-order valence-corrected chi connectivity index (χ2v) is 4.84. The van der Waals surface area contributed by atoms with Gasteiger partial charge in [0.05, 0.1) is 6.33 Å². The van der Waals surface area contributed by atoms with Crippen molar-refractivity contribution in [3.8, 4) is 5.75 Å². The molecule has 0 unspecified atom stereocenters. The Morgan fingerprint density at radius 1 is 1.29 bits per heavy atom. The van der Waals surface area contributed by atoms with Gasteiger partial charge in [0.1, 0.15) is 11.3 Å². The van der Waals surface area contributed by atoms with Gasteiger partial charge in [0, 0.05) is 12.1 Å². The molecule has 0 saturated heterocycles. The van der Waals surface area contributed by atoms with Crippen molar-refractivity contribution in [2.75, 3.05) is 0 Å². The Morgan fingerprint density at radius 3 is 2.71 bits per heavy atom. The molecule has 0 amide bonds. The molecule has 0 fully saturated rings. The number of nitrogens with zero attached hydrogens (tertiary/aromatic N) is 3. The van der Waals surface area contributed by atoms with Gasteiger partial charge in [-0.2, -0.15) is 0 Å². The van der Waals surface area contributed by atoms with Crippen molar-refractivity contribution in [3.05, 3.63) is 56.5 Å². The van der Waals surface area contributed by atoms with E-state index in [4.69, 9.17) is 16.3 Å². The van der Waals surface area contributed by atoms with Gasteiger partial charge in [-0.25, -0.2) is 14.3 Å². The van der Waals surface area contributed by atoms with Crippen molar-refractivity contribution in [3.63, 3.8) is 0 Å². The van der Waals surface area contributed by atoms with E-state index in [-0.39, 0.29) is 12.2 Å². The average molecular weight is 307 g/mol. The van der Waals surface area contributed by atoms with Crippen molar-refractivity contribution in [2.45, 2.75) is 6.73 Å². The minimum absolute atomic E-state index is 0.192. The maximum Gasteiger partial charge on any atom is 0.335 e. The van der Waals surface area contributed by atoms with Crippen LogP contribution in [0.25, 0.3) is 11.2 Å². The van der Waals surface area contributed by atoms with Gasteiger partial charge in [-0.1, -0.05) is 11.6 Å². The second-order valence-electron chi connectivity index (χ2n) is 4.40. The molecule has 8 heteroatoms. The first-order valence-corrected chi connectivity index (χ1v) is 6.47. The molecule has 21 heavy (non-hydrogen) atoms. The summed E-state index contributed by atoms with van der Waals surface area (Å²) in [5.41, 5.74) is -0.391. The van der Waals surface area contributed by atoms with E-state index in [2.05, 4.69) is 9.97 Å². The molecular formula is C13H11ClN4O3. The van der Waals surface area contributed by atoms with E-state index in [1.54, 1.807) is 31.3 Å². The number of fused-ring (bicyclic) bond motifs is 1. The Bertz CT molecular complexity index is 908. The van der Waals surface area contributed by atoms with Crippen LogP contribution in [0.15, 0.2) is 40.2 Å². The number of hydrogen-bond acceptors (Lipinski definition) is 4. The largest absolute Gasteiger partial charge is 0.472 e. The molecule has 1 aromatic carbocycles. The summed E-state index contributed by atoms with van der Waals surface area (Å²) in [6.45, 7) is -0.192. The predicted octanol–water partition coefficient (Wildman–Crippen LogP) is 1.11. The van der Waals surface area contributed by atoms with Crippen LogP contribution >= 0.6 is 11.6 Å². The Morgan fingerprint density at radius 2 is 2.00 bits per heavy atom. The molecule has 0 bridgehead atoms. The monoisotopic (exact) mass is 306 g/mol. The maximum absolute atomic E-state index is 12.2. The molecule has 7 nitrogen and oxygen atoms in total. The fraction of sp³-hybridized carbons (Fsp3) is 0.154. The van der Waals surface area contributed by atoms with Crippen LogP contribution in [0, 0.1) is 0 Å². The van der Waals surface area contributed by atoms with E-state index in [1.165, 1.54) is 10.9 Å². The summed E-state index contributed by atoms with van der Waals surface area (Å²) in [6.07, 6.45) is 1.37. The van der Waals surface area contributed by atoms with Crippen LogP contribution in [0.5, 0.6) is 5.75 Å². The van der Waals surface area contributed by atoms with Crippen molar-refractivity contribution >= 4 is 22.8 Å². The molecule has 1 N–H and O–H groups in total. The van der Waals surface area contributed by atoms with E-state index in [0.29, 0.717) is 16.4 Å². The molecule has 0 aliphatic rings.